The number of nitrogens with one attached hydrogen (secondary N) is 1. The SMILES string of the molecule is CCc1ccc(OCCC(=O)NC(Cc2ccc(O)cc2)C(=O)OC)cc1. The summed E-state index contributed by atoms with van der Waals surface area (Å²) < 4.78 is 10.3. The van der Waals surface area contributed by atoms with Crippen molar-refractivity contribution in [2.75, 3.05) is 13.7 Å². The van der Waals surface area contributed by atoms with E-state index >= 15 is 0 Å². The van der Waals surface area contributed by atoms with Gasteiger partial charge in [-0.1, -0.05) is 31.2 Å². The Morgan fingerprint density at radius 3 is 2.26 bits per heavy atom. The molecule has 0 aliphatic carbocycles. The Morgan fingerprint density at radius 1 is 1.04 bits per heavy atom. The quantitative estimate of drug-likeness (QED) is 0.662. The highest BCUT2D eigenvalue weighted by Gasteiger charge is 2.21. The number of methoxy groups -OCH3 is 1. The van der Waals surface area contributed by atoms with Gasteiger partial charge in [0.1, 0.15) is 17.5 Å². The minimum Gasteiger partial charge on any atom is -0.508 e. The molecule has 6 nitrogen and oxygen atoms in total. The number of phenolic OH excluding ortho intramolecular Hbond substituents is 1. The summed E-state index contributed by atoms with van der Waals surface area (Å²) in [6.45, 7) is 2.29. The summed E-state index contributed by atoms with van der Waals surface area (Å²) in [4.78, 5) is 24.1. The van der Waals surface area contributed by atoms with Crippen LogP contribution < -0.4 is 10.1 Å². The van der Waals surface area contributed by atoms with E-state index in [0.717, 1.165) is 12.0 Å². The van der Waals surface area contributed by atoms with E-state index < -0.39 is 12.0 Å². The van der Waals surface area contributed by atoms with Crippen LogP contribution in [0, 0.1) is 0 Å². The zero-order valence-corrected chi connectivity index (χ0v) is 15.6. The molecule has 0 aromatic heterocycles. The smallest absolute Gasteiger partial charge is 0.328 e. The van der Waals surface area contributed by atoms with E-state index in [1.54, 1.807) is 12.1 Å². The molecule has 0 saturated carbocycles. The fourth-order valence-electron chi connectivity index (χ4n) is 2.55. The van der Waals surface area contributed by atoms with Crippen molar-refractivity contribution >= 4 is 11.9 Å². The number of phenols is 1. The molecule has 2 aromatic rings. The molecule has 1 atom stereocenters. The van der Waals surface area contributed by atoms with Gasteiger partial charge >= 0.3 is 5.97 Å². The third-order valence-electron chi connectivity index (χ3n) is 4.13. The van der Waals surface area contributed by atoms with Gasteiger partial charge in [0.25, 0.3) is 0 Å². The fraction of sp³-hybridized carbons (Fsp3) is 0.333. The Morgan fingerprint density at radius 2 is 1.67 bits per heavy atom. The molecule has 2 N–H and O–H groups in total. The van der Waals surface area contributed by atoms with Crippen LogP contribution in [0.15, 0.2) is 48.5 Å². The van der Waals surface area contributed by atoms with Crippen molar-refractivity contribution in [3.8, 4) is 11.5 Å². The highest BCUT2D eigenvalue weighted by Crippen LogP contribution is 2.13. The molecule has 0 spiro atoms. The van der Waals surface area contributed by atoms with Crippen LogP contribution in [0.2, 0.25) is 0 Å². The van der Waals surface area contributed by atoms with E-state index in [4.69, 9.17) is 9.47 Å². The van der Waals surface area contributed by atoms with Crippen LogP contribution in [-0.2, 0) is 27.2 Å². The molecule has 27 heavy (non-hydrogen) atoms. The molecule has 2 rings (SSSR count). The zero-order valence-electron chi connectivity index (χ0n) is 15.6. The number of carbonyl (C=O) groups is 2. The third-order valence-corrected chi connectivity index (χ3v) is 4.13. The summed E-state index contributed by atoms with van der Waals surface area (Å²) in [5.74, 6) is 0.0250. The van der Waals surface area contributed by atoms with Crippen LogP contribution in [0.5, 0.6) is 11.5 Å². The molecule has 6 heteroatoms. The summed E-state index contributed by atoms with van der Waals surface area (Å²) >= 11 is 0. The van der Waals surface area contributed by atoms with Gasteiger partial charge in [0, 0.05) is 6.42 Å². The maximum atomic E-state index is 12.2. The molecule has 144 valence electrons. The molecule has 1 unspecified atom stereocenters. The van der Waals surface area contributed by atoms with Gasteiger partial charge in [-0.25, -0.2) is 4.79 Å². The van der Waals surface area contributed by atoms with Crippen molar-refractivity contribution in [2.45, 2.75) is 32.2 Å². The fourth-order valence-corrected chi connectivity index (χ4v) is 2.55. The highest BCUT2D eigenvalue weighted by molar-refractivity contribution is 5.84. The summed E-state index contributed by atoms with van der Waals surface area (Å²) in [6.07, 6.45) is 1.36. The van der Waals surface area contributed by atoms with Crippen LogP contribution in [0.4, 0.5) is 0 Å². The normalized spacial score (nSPS) is 11.5. The van der Waals surface area contributed by atoms with E-state index in [1.165, 1.54) is 24.8 Å². The number of aromatic hydroxyl groups is 1. The van der Waals surface area contributed by atoms with Gasteiger partial charge in [0.2, 0.25) is 5.91 Å². The number of hydrogen-bond acceptors (Lipinski definition) is 5. The van der Waals surface area contributed by atoms with Gasteiger partial charge < -0.3 is 19.9 Å². The lowest BCUT2D eigenvalue weighted by molar-refractivity contribution is -0.145. The Balaban J connectivity index is 1.85. The number of ether oxygens (including phenoxy) is 2. The van der Waals surface area contributed by atoms with Crippen molar-refractivity contribution in [2.24, 2.45) is 0 Å². The van der Waals surface area contributed by atoms with Crippen molar-refractivity contribution in [3.63, 3.8) is 0 Å². The van der Waals surface area contributed by atoms with E-state index in [2.05, 4.69) is 12.2 Å². The second kappa shape index (κ2) is 10.2. The van der Waals surface area contributed by atoms with E-state index in [9.17, 15) is 14.7 Å². The van der Waals surface area contributed by atoms with Crippen molar-refractivity contribution in [1.29, 1.82) is 0 Å². The van der Waals surface area contributed by atoms with Crippen LogP contribution >= 0.6 is 0 Å². The first-order valence-electron chi connectivity index (χ1n) is 8.88. The van der Waals surface area contributed by atoms with Crippen LogP contribution in [0.3, 0.4) is 0 Å². The van der Waals surface area contributed by atoms with Gasteiger partial charge in [0.05, 0.1) is 20.1 Å². The van der Waals surface area contributed by atoms with Gasteiger partial charge in [-0.15, -0.1) is 0 Å². The summed E-state index contributed by atoms with van der Waals surface area (Å²) in [6, 6.07) is 13.4. The molecule has 2 aromatic carbocycles. The number of aryl methyl sites for hydroxylation is 1. The molecular weight excluding hydrogens is 346 g/mol. The molecule has 0 aliphatic rings. The average Bonchev–Trinajstić information content (AvgIpc) is 2.69. The minimum absolute atomic E-state index is 0.124. The van der Waals surface area contributed by atoms with E-state index in [0.29, 0.717) is 5.75 Å². The topological polar surface area (TPSA) is 84.9 Å². The second-order valence-electron chi connectivity index (χ2n) is 6.11. The first-order valence-corrected chi connectivity index (χ1v) is 8.88. The Kier molecular flexibility index (Phi) is 7.67. The summed E-state index contributed by atoms with van der Waals surface area (Å²) in [5.41, 5.74) is 2.02. The monoisotopic (exact) mass is 371 g/mol. The molecule has 0 fully saturated rings. The number of hydrogen-bond donors (Lipinski definition) is 2. The van der Waals surface area contributed by atoms with E-state index in [-0.39, 0.29) is 31.1 Å². The molecule has 0 bridgehead atoms. The molecule has 0 saturated heterocycles. The number of amides is 1. The van der Waals surface area contributed by atoms with E-state index in [1.807, 2.05) is 24.3 Å². The van der Waals surface area contributed by atoms with Gasteiger partial charge in [-0.2, -0.15) is 0 Å². The molecular formula is C21H25NO5. The number of esters is 1. The zero-order chi connectivity index (χ0) is 19.6. The lowest BCUT2D eigenvalue weighted by Crippen LogP contribution is -2.43. The van der Waals surface area contributed by atoms with Gasteiger partial charge in [-0.3, -0.25) is 4.79 Å². The van der Waals surface area contributed by atoms with Crippen LogP contribution in [0.25, 0.3) is 0 Å². The summed E-state index contributed by atoms with van der Waals surface area (Å²) in [5, 5.41) is 12.0. The second-order valence-corrected chi connectivity index (χ2v) is 6.11. The van der Waals surface area contributed by atoms with Crippen molar-refractivity contribution in [3.05, 3.63) is 59.7 Å². The van der Waals surface area contributed by atoms with Crippen LogP contribution in [0.1, 0.15) is 24.5 Å². The lowest BCUT2D eigenvalue weighted by Gasteiger charge is -2.17. The predicted molar refractivity (Wildman–Crippen MR) is 102 cm³/mol. The summed E-state index contributed by atoms with van der Waals surface area (Å²) in [7, 11) is 1.28. The first-order chi connectivity index (χ1) is 13.0. The van der Waals surface area contributed by atoms with Gasteiger partial charge in [0.15, 0.2) is 0 Å². The number of rotatable bonds is 9. The highest BCUT2D eigenvalue weighted by atomic mass is 16.5. The average molecular weight is 371 g/mol. The van der Waals surface area contributed by atoms with Gasteiger partial charge in [-0.05, 0) is 41.8 Å². The molecule has 0 heterocycles. The molecule has 0 radical (unpaired) electrons. The number of carbonyl (C=O) groups excluding carboxylic acids is 2. The Labute approximate surface area is 159 Å². The minimum atomic E-state index is -0.795. The largest absolute Gasteiger partial charge is 0.508 e. The van der Waals surface area contributed by atoms with Crippen molar-refractivity contribution < 1.29 is 24.2 Å². The predicted octanol–water partition coefficient (Wildman–Crippen LogP) is 2.62. The number of benzene rings is 2. The Bertz CT molecular complexity index is 740. The lowest BCUT2D eigenvalue weighted by atomic mass is 10.1. The standard InChI is InChI=1S/C21H25NO5/c1-3-15-6-10-18(11-7-15)27-13-12-20(24)22-19(21(25)26-2)14-16-4-8-17(23)9-5-16/h4-11,19,23H,3,12-14H2,1-2H3,(H,22,24). The first kappa shape index (κ1) is 20.3. The Hall–Kier alpha value is -3.02. The maximum Gasteiger partial charge on any atom is 0.328 e. The third kappa shape index (κ3) is 6.66. The van der Waals surface area contributed by atoms with Crippen LogP contribution in [-0.4, -0.2) is 36.7 Å². The molecule has 0 aliphatic heterocycles. The molecule has 1 amide bonds. The maximum absolute atomic E-state index is 12.2. The van der Waals surface area contributed by atoms with Crippen molar-refractivity contribution in [1.82, 2.24) is 5.32 Å².